The first-order valence-electron chi connectivity index (χ1n) is 6.46. The van der Waals surface area contributed by atoms with Crippen molar-refractivity contribution in [3.8, 4) is 11.4 Å². The van der Waals surface area contributed by atoms with Crippen molar-refractivity contribution in [1.82, 2.24) is 10.1 Å². The standard InChI is InChI=1S/C13H17N3OS/c14-11-5-3-1-2-4-10(11)13-15-12(16-17-13)9-6-7-18-8-9/h6-8,10-11H,1-5,14H2. The molecule has 1 fully saturated rings. The van der Waals surface area contributed by atoms with Crippen LogP contribution in [0.3, 0.4) is 0 Å². The zero-order valence-electron chi connectivity index (χ0n) is 10.2. The van der Waals surface area contributed by atoms with Gasteiger partial charge in [0.2, 0.25) is 11.7 Å². The monoisotopic (exact) mass is 263 g/mol. The van der Waals surface area contributed by atoms with Crippen molar-refractivity contribution in [2.75, 3.05) is 0 Å². The lowest BCUT2D eigenvalue weighted by molar-refractivity contribution is 0.326. The van der Waals surface area contributed by atoms with Crippen molar-refractivity contribution in [2.24, 2.45) is 5.73 Å². The summed E-state index contributed by atoms with van der Waals surface area (Å²) in [5.41, 5.74) is 7.24. The second kappa shape index (κ2) is 5.20. The summed E-state index contributed by atoms with van der Waals surface area (Å²) < 4.78 is 5.42. The van der Waals surface area contributed by atoms with E-state index < -0.39 is 0 Å². The van der Waals surface area contributed by atoms with Gasteiger partial charge in [-0.25, -0.2) is 0 Å². The summed E-state index contributed by atoms with van der Waals surface area (Å²) in [4.78, 5) is 4.52. The van der Waals surface area contributed by atoms with Crippen LogP contribution in [0.1, 0.15) is 43.9 Å². The SMILES string of the molecule is NC1CCCCCC1c1nc(-c2ccsc2)no1. The van der Waals surface area contributed by atoms with Crippen LogP contribution in [0, 0.1) is 0 Å². The van der Waals surface area contributed by atoms with Gasteiger partial charge in [-0.15, -0.1) is 0 Å². The fourth-order valence-corrected chi connectivity index (χ4v) is 3.17. The van der Waals surface area contributed by atoms with E-state index in [2.05, 4.69) is 10.1 Å². The van der Waals surface area contributed by atoms with Crippen molar-refractivity contribution >= 4 is 11.3 Å². The molecule has 1 aliphatic carbocycles. The van der Waals surface area contributed by atoms with E-state index in [1.54, 1.807) is 11.3 Å². The highest BCUT2D eigenvalue weighted by Gasteiger charge is 2.27. The molecule has 0 aliphatic heterocycles. The molecular formula is C13H17N3OS. The molecule has 1 aliphatic rings. The predicted octanol–water partition coefficient (Wildman–Crippen LogP) is 3.17. The molecule has 3 rings (SSSR count). The van der Waals surface area contributed by atoms with Crippen molar-refractivity contribution in [1.29, 1.82) is 0 Å². The van der Waals surface area contributed by atoms with Gasteiger partial charge in [-0.2, -0.15) is 16.3 Å². The second-order valence-corrected chi connectivity index (χ2v) is 5.66. The van der Waals surface area contributed by atoms with Gasteiger partial charge < -0.3 is 10.3 Å². The minimum Gasteiger partial charge on any atom is -0.339 e. The average molecular weight is 263 g/mol. The van der Waals surface area contributed by atoms with Crippen LogP contribution in [0.15, 0.2) is 21.3 Å². The summed E-state index contributed by atoms with van der Waals surface area (Å²) in [5.74, 6) is 1.63. The zero-order valence-corrected chi connectivity index (χ0v) is 11.0. The Morgan fingerprint density at radius 1 is 1.28 bits per heavy atom. The molecule has 0 amide bonds. The summed E-state index contributed by atoms with van der Waals surface area (Å²) >= 11 is 1.64. The van der Waals surface area contributed by atoms with E-state index >= 15 is 0 Å². The highest BCUT2D eigenvalue weighted by atomic mass is 32.1. The van der Waals surface area contributed by atoms with Gasteiger partial charge in [0.15, 0.2) is 0 Å². The molecule has 96 valence electrons. The summed E-state index contributed by atoms with van der Waals surface area (Å²) in [6.07, 6.45) is 5.79. The van der Waals surface area contributed by atoms with Crippen molar-refractivity contribution in [2.45, 2.75) is 44.1 Å². The molecular weight excluding hydrogens is 246 g/mol. The summed E-state index contributed by atoms with van der Waals surface area (Å²) in [6.45, 7) is 0. The first-order chi connectivity index (χ1) is 8.84. The van der Waals surface area contributed by atoms with Crippen molar-refractivity contribution < 1.29 is 4.52 Å². The van der Waals surface area contributed by atoms with Crippen molar-refractivity contribution in [3.63, 3.8) is 0 Å². The fraction of sp³-hybridized carbons (Fsp3) is 0.538. The molecule has 0 aromatic carbocycles. The number of nitrogens with two attached hydrogens (primary N) is 1. The number of aromatic nitrogens is 2. The molecule has 4 nitrogen and oxygen atoms in total. The third-order valence-electron chi connectivity index (χ3n) is 3.61. The first kappa shape index (κ1) is 11.9. The van der Waals surface area contributed by atoms with Crippen LogP contribution in [-0.2, 0) is 0 Å². The largest absolute Gasteiger partial charge is 0.339 e. The molecule has 0 radical (unpaired) electrons. The van der Waals surface area contributed by atoms with Crippen LogP contribution in [0.2, 0.25) is 0 Å². The maximum absolute atomic E-state index is 6.21. The van der Waals surface area contributed by atoms with Crippen molar-refractivity contribution in [3.05, 3.63) is 22.7 Å². The normalized spacial score (nSPS) is 24.9. The average Bonchev–Trinajstić information content (AvgIpc) is 3.00. The molecule has 2 atom stereocenters. The van der Waals surface area contributed by atoms with Gasteiger partial charge in [0.05, 0.1) is 5.92 Å². The van der Waals surface area contributed by atoms with Gasteiger partial charge in [0.25, 0.3) is 0 Å². The molecule has 1 saturated carbocycles. The maximum Gasteiger partial charge on any atom is 0.231 e. The first-order valence-corrected chi connectivity index (χ1v) is 7.40. The Morgan fingerprint density at radius 2 is 2.17 bits per heavy atom. The molecule has 2 aromatic rings. The third-order valence-corrected chi connectivity index (χ3v) is 4.29. The number of hydrogen-bond donors (Lipinski definition) is 1. The summed E-state index contributed by atoms with van der Waals surface area (Å²) in [6, 6.07) is 2.16. The van der Waals surface area contributed by atoms with E-state index in [9.17, 15) is 0 Å². The molecule has 18 heavy (non-hydrogen) atoms. The lowest BCUT2D eigenvalue weighted by Crippen LogP contribution is -2.27. The van der Waals surface area contributed by atoms with Gasteiger partial charge in [-0.3, -0.25) is 0 Å². The predicted molar refractivity (Wildman–Crippen MR) is 71.4 cm³/mol. The van der Waals surface area contributed by atoms with Gasteiger partial charge in [-0.1, -0.05) is 24.4 Å². The summed E-state index contributed by atoms with van der Waals surface area (Å²) in [5, 5.41) is 8.11. The molecule has 2 N–H and O–H groups in total. The van der Waals surface area contributed by atoms with Crippen LogP contribution in [0.25, 0.3) is 11.4 Å². The molecule has 5 heteroatoms. The quantitative estimate of drug-likeness (QED) is 0.845. The van der Waals surface area contributed by atoms with E-state index in [0.29, 0.717) is 11.7 Å². The third kappa shape index (κ3) is 2.33. The van der Waals surface area contributed by atoms with Crippen LogP contribution in [-0.4, -0.2) is 16.2 Å². The fourth-order valence-electron chi connectivity index (χ4n) is 2.54. The lowest BCUT2D eigenvalue weighted by atomic mass is 9.95. The highest BCUT2D eigenvalue weighted by Crippen LogP contribution is 2.31. The number of rotatable bonds is 2. The Morgan fingerprint density at radius 3 is 3.00 bits per heavy atom. The minimum absolute atomic E-state index is 0.156. The number of hydrogen-bond acceptors (Lipinski definition) is 5. The van der Waals surface area contributed by atoms with E-state index in [-0.39, 0.29) is 12.0 Å². The van der Waals surface area contributed by atoms with Gasteiger partial charge >= 0.3 is 0 Å². The van der Waals surface area contributed by atoms with Gasteiger partial charge in [0.1, 0.15) is 0 Å². The molecule has 0 bridgehead atoms. The Hall–Kier alpha value is -1.20. The summed E-state index contributed by atoms with van der Waals surface area (Å²) in [7, 11) is 0. The molecule has 0 saturated heterocycles. The second-order valence-electron chi connectivity index (χ2n) is 4.88. The van der Waals surface area contributed by atoms with E-state index in [1.165, 1.54) is 19.3 Å². The van der Waals surface area contributed by atoms with E-state index in [1.807, 2.05) is 16.8 Å². The Kier molecular flexibility index (Phi) is 3.43. The Bertz CT molecular complexity index is 494. The zero-order chi connectivity index (χ0) is 12.4. The topological polar surface area (TPSA) is 64.9 Å². The van der Waals surface area contributed by atoms with Gasteiger partial charge in [-0.05, 0) is 24.3 Å². The maximum atomic E-state index is 6.21. The Labute approximate surface area is 110 Å². The lowest BCUT2D eigenvalue weighted by Gasteiger charge is -2.16. The molecule has 2 heterocycles. The van der Waals surface area contributed by atoms with Crippen LogP contribution < -0.4 is 5.73 Å². The van der Waals surface area contributed by atoms with Crippen LogP contribution in [0.5, 0.6) is 0 Å². The number of nitrogens with zero attached hydrogens (tertiary/aromatic N) is 2. The highest BCUT2D eigenvalue weighted by molar-refractivity contribution is 7.08. The van der Waals surface area contributed by atoms with Gasteiger partial charge in [0, 0.05) is 17.0 Å². The van der Waals surface area contributed by atoms with Crippen LogP contribution >= 0.6 is 11.3 Å². The number of thiophene rings is 1. The molecule has 0 spiro atoms. The smallest absolute Gasteiger partial charge is 0.231 e. The van der Waals surface area contributed by atoms with E-state index in [4.69, 9.17) is 10.3 Å². The van der Waals surface area contributed by atoms with E-state index in [0.717, 1.165) is 18.4 Å². The molecule has 2 unspecified atom stereocenters. The molecule has 2 aromatic heterocycles. The van der Waals surface area contributed by atoms with Crippen LogP contribution in [0.4, 0.5) is 0 Å². The minimum atomic E-state index is 0.156. The Balaban J connectivity index is 1.83.